The molecule has 0 unspecified atom stereocenters. The minimum Gasteiger partial charge on any atom is -0.312 e. The molecule has 0 fully saturated rings. The molecule has 0 heterocycles. The second kappa shape index (κ2) is 4.37. The molecule has 0 saturated heterocycles. The van der Waals surface area contributed by atoms with E-state index in [0.717, 1.165) is 11.3 Å². The zero-order valence-corrected chi connectivity index (χ0v) is 8.69. The van der Waals surface area contributed by atoms with Crippen LogP contribution in [0.1, 0.15) is 27.7 Å². The molecule has 0 aliphatic rings. The molecule has 0 aliphatic carbocycles. The number of nitrogens with one attached hydrogen (secondary N) is 1. The summed E-state index contributed by atoms with van der Waals surface area (Å²) >= 11 is 0. The number of hydrogen-bond donors (Lipinski definition) is 2. The maximum absolute atomic E-state index is 13.2. The van der Waals surface area contributed by atoms with Crippen LogP contribution in [0.3, 0.4) is 0 Å². The number of nitrogens with zero attached hydrogens (tertiary/aromatic N) is 1. The van der Waals surface area contributed by atoms with E-state index in [2.05, 4.69) is 0 Å². The summed E-state index contributed by atoms with van der Waals surface area (Å²) in [5.74, 6) is 5.61. The van der Waals surface area contributed by atoms with Crippen molar-refractivity contribution < 1.29 is 4.39 Å². The summed E-state index contributed by atoms with van der Waals surface area (Å²) in [5.41, 5.74) is 0.144. The van der Waals surface area contributed by atoms with Gasteiger partial charge in [-0.1, -0.05) is 0 Å². The van der Waals surface area contributed by atoms with Gasteiger partial charge in [-0.3, -0.25) is 0 Å². The zero-order chi connectivity index (χ0) is 10.6. The minimum absolute atomic E-state index is 0.129. The predicted molar refractivity (Wildman–Crippen MR) is 53.2 cm³/mol. The first-order chi connectivity index (χ1) is 5.78. The Morgan fingerprint density at radius 1 is 1.54 bits per heavy atom. The van der Waals surface area contributed by atoms with Gasteiger partial charge in [-0.15, -0.1) is 0 Å². The molecule has 3 nitrogen and oxygen atoms in total. The maximum atomic E-state index is 13.2. The maximum Gasteiger partial charge on any atom is 0.124 e. The van der Waals surface area contributed by atoms with Gasteiger partial charge in [-0.2, -0.15) is 0 Å². The molecular weight excluding hydrogens is 169 g/mol. The number of rotatable bonds is 4. The third-order valence-electron chi connectivity index (χ3n) is 1.76. The van der Waals surface area contributed by atoms with Crippen LogP contribution in [0.15, 0.2) is 11.3 Å². The van der Waals surface area contributed by atoms with Crippen LogP contribution in [0.5, 0.6) is 0 Å². The number of alkyl halides is 1. The van der Waals surface area contributed by atoms with E-state index < -0.39 is 5.67 Å². The van der Waals surface area contributed by atoms with Crippen LogP contribution in [0.2, 0.25) is 0 Å². The molecule has 4 heteroatoms. The molecule has 0 aromatic carbocycles. The summed E-state index contributed by atoms with van der Waals surface area (Å²) in [6, 6.07) is 0. The topological polar surface area (TPSA) is 53.1 Å². The molecule has 13 heavy (non-hydrogen) atoms. The highest BCUT2D eigenvalue weighted by Crippen LogP contribution is 2.13. The first kappa shape index (κ1) is 12.1. The fourth-order valence-corrected chi connectivity index (χ4v) is 0.855. The highest BCUT2D eigenvalue weighted by molar-refractivity contribution is 5.75. The van der Waals surface area contributed by atoms with Crippen LogP contribution < -0.4 is 5.84 Å². The van der Waals surface area contributed by atoms with E-state index in [-0.39, 0.29) is 6.54 Å². The summed E-state index contributed by atoms with van der Waals surface area (Å²) in [7, 11) is 0. The van der Waals surface area contributed by atoms with Gasteiger partial charge in [0.25, 0.3) is 0 Å². The van der Waals surface area contributed by atoms with Gasteiger partial charge < -0.3 is 10.4 Å². The lowest BCUT2D eigenvalue weighted by atomic mass is 10.1. The second-order valence-electron chi connectivity index (χ2n) is 3.76. The Morgan fingerprint density at radius 3 is 2.31 bits per heavy atom. The highest BCUT2D eigenvalue weighted by atomic mass is 19.1. The normalized spacial score (nSPS) is 13.7. The van der Waals surface area contributed by atoms with Crippen LogP contribution in [-0.2, 0) is 0 Å². The third-order valence-corrected chi connectivity index (χ3v) is 1.76. The van der Waals surface area contributed by atoms with Gasteiger partial charge in [0, 0.05) is 11.9 Å². The van der Waals surface area contributed by atoms with Gasteiger partial charge in [-0.05, 0) is 33.3 Å². The fourth-order valence-electron chi connectivity index (χ4n) is 0.855. The third kappa shape index (κ3) is 4.62. The van der Waals surface area contributed by atoms with Crippen molar-refractivity contribution in [2.75, 3.05) is 6.54 Å². The van der Waals surface area contributed by atoms with Gasteiger partial charge in [0.15, 0.2) is 0 Å². The molecule has 0 amide bonds. The summed E-state index contributed by atoms with van der Waals surface area (Å²) < 4.78 is 13.2. The Kier molecular flexibility index (Phi) is 4.07. The van der Waals surface area contributed by atoms with E-state index in [1.54, 1.807) is 13.8 Å². The van der Waals surface area contributed by atoms with Crippen LogP contribution in [0.4, 0.5) is 4.39 Å². The lowest BCUT2D eigenvalue weighted by Crippen LogP contribution is -2.39. The SMILES string of the molecule is C/C(C=N)=C(/C)N(N)CC(C)(C)F. The average molecular weight is 187 g/mol. The van der Waals surface area contributed by atoms with E-state index in [9.17, 15) is 4.39 Å². The van der Waals surface area contributed by atoms with E-state index >= 15 is 0 Å². The van der Waals surface area contributed by atoms with Crippen molar-refractivity contribution in [3.05, 3.63) is 11.3 Å². The summed E-state index contributed by atoms with van der Waals surface area (Å²) in [4.78, 5) is 0. The monoisotopic (exact) mass is 187 g/mol. The first-order valence-corrected chi connectivity index (χ1v) is 4.17. The van der Waals surface area contributed by atoms with Crippen molar-refractivity contribution in [3.63, 3.8) is 0 Å². The van der Waals surface area contributed by atoms with Crippen LogP contribution in [0.25, 0.3) is 0 Å². The van der Waals surface area contributed by atoms with Gasteiger partial charge in [0.05, 0.1) is 6.54 Å². The van der Waals surface area contributed by atoms with Crippen molar-refractivity contribution in [1.29, 1.82) is 5.41 Å². The van der Waals surface area contributed by atoms with Crippen molar-refractivity contribution in [2.45, 2.75) is 33.4 Å². The number of allylic oxidation sites excluding steroid dienone is 2. The Morgan fingerprint density at radius 2 is 2.00 bits per heavy atom. The average Bonchev–Trinajstić information content (AvgIpc) is 1.98. The number of halogens is 1. The molecular formula is C9H18FN3. The molecule has 0 bridgehead atoms. The van der Waals surface area contributed by atoms with Crippen LogP contribution >= 0.6 is 0 Å². The molecule has 0 aromatic rings. The molecule has 0 rings (SSSR count). The number of hydrazine groups is 1. The van der Waals surface area contributed by atoms with Crippen molar-refractivity contribution in [2.24, 2.45) is 5.84 Å². The van der Waals surface area contributed by atoms with E-state index in [1.165, 1.54) is 25.1 Å². The highest BCUT2D eigenvalue weighted by Gasteiger charge is 2.19. The molecule has 0 spiro atoms. The van der Waals surface area contributed by atoms with Crippen molar-refractivity contribution in [3.8, 4) is 0 Å². The molecule has 76 valence electrons. The Hall–Kier alpha value is -0.900. The molecule has 3 N–H and O–H groups in total. The predicted octanol–water partition coefficient (Wildman–Crippen LogP) is 1.85. The van der Waals surface area contributed by atoms with E-state index in [4.69, 9.17) is 11.3 Å². The summed E-state index contributed by atoms with van der Waals surface area (Å²) in [6.45, 7) is 6.61. The van der Waals surface area contributed by atoms with E-state index in [0.29, 0.717) is 0 Å². The van der Waals surface area contributed by atoms with Crippen molar-refractivity contribution in [1.82, 2.24) is 5.01 Å². The Balaban J connectivity index is 4.44. The summed E-state index contributed by atoms with van der Waals surface area (Å²) in [6.07, 6.45) is 1.21. The number of hydrogen-bond acceptors (Lipinski definition) is 3. The largest absolute Gasteiger partial charge is 0.312 e. The summed E-state index contributed by atoms with van der Waals surface area (Å²) in [5, 5.41) is 8.34. The second-order valence-corrected chi connectivity index (χ2v) is 3.76. The fraction of sp³-hybridized carbons (Fsp3) is 0.667. The van der Waals surface area contributed by atoms with Crippen molar-refractivity contribution >= 4 is 6.21 Å². The Labute approximate surface area is 78.9 Å². The van der Waals surface area contributed by atoms with Crippen LogP contribution in [-0.4, -0.2) is 23.4 Å². The molecule has 0 aromatic heterocycles. The first-order valence-electron chi connectivity index (χ1n) is 4.17. The molecule has 0 saturated carbocycles. The van der Waals surface area contributed by atoms with E-state index in [1.807, 2.05) is 0 Å². The smallest absolute Gasteiger partial charge is 0.124 e. The van der Waals surface area contributed by atoms with Gasteiger partial charge >= 0.3 is 0 Å². The lowest BCUT2D eigenvalue weighted by Gasteiger charge is -2.26. The molecule has 0 radical (unpaired) electrons. The van der Waals surface area contributed by atoms with Gasteiger partial charge in [0.1, 0.15) is 5.67 Å². The number of nitrogens with two attached hydrogens (primary N) is 1. The lowest BCUT2D eigenvalue weighted by molar-refractivity contribution is 0.148. The Bertz CT molecular complexity index is 215. The zero-order valence-electron chi connectivity index (χ0n) is 8.69. The molecule has 0 aliphatic heterocycles. The standard InChI is InChI=1S/C9H18FN3/c1-7(5-11)8(2)13(12)6-9(3,4)10/h5,11H,6,12H2,1-4H3/b8-7+,11-5?. The van der Waals surface area contributed by atoms with Crippen LogP contribution in [0, 0.1) is 5.41 Å². The molecule has 0 atom stereocenters. The van der Waals surface area contributed by atoms with Gasteiger partial charge in [0.2, 0.25) is 0 Å². The van der Waals surface area contributed by atoms with Gasteiger partial charge in [-0.25, -0.2) is 10.2 Å². The minimum atomic E-state index is -1.32. The quantitative estimate of drug-likeness (QED) is 0.401.